The molecule has 1 N–H and O–H groups in total. The first-order chi connectivity index (χ1) is 6.15. The second-order valence-electron chi connectivity index (χ2n) is 3.12. The molecule has 1 aliphatic rings. The Labute approximate surface area is 77.8 Å². The third kappa shape index (κ3) is 1.26. The maximum Gasteiger partial charge on any atom is 0.241 e. The summed E-state index contributed by atoms with van der Waals surface area (Å²) >= 11 is 0. The zero-order chi connectivity index (χ0) is 9.47. The quantitative estimate of drug-likeness (QED) is 0.740. The van der Waals surface area contributed by atoms with Crippen LogP contribution in [0, 0.1) is 0 Å². The van der Waals surface area contributed by atoms with Crippen molar-refractivity contribution >= 4 is 10.0 Å². The fourth-order valence-corrected chi connectivity index (χ4v) is 3.20. The Bertz CT molecular complexity index is 425. The number of nitrogens with one attached hydrogen (secondary N) is 1. The lowest BCUT2D eigenvalue weighted by molar-refractivity contribution is 0.571. The number of hydrogen-bond donors (Lipinski definition) is 1. The van der Waals surface area contributed by atoms with E-state index < -0.39 is 10.0 Å². The minimum Gasteiger partial charge on any atom is -0.207 e. The van der Waals surface area contributed by atoms with E-state index in [1.165, 1.54) is 0 Å². The Kier molecular flexibility index (Phi) is 1.89. The van der Waals surface area contributed by atoms with Gasteiger partial charge in [-0.15, -0.1) is 0 Å². The fourth-order valence-electron chi connectivity index (χ4n) is 1.63. The highest BCUT2D eigenvalue weighted by Gasteiger charge is 2.31. The molecule has 1 heterocycles. The average Bonchev–Trinajstić information content (AvgIpc) is 2.39. The summed E-state index contributed by atoms with van der Waals surface area (Å²) in [5.41, 5.74) is 0.894. The number of benzene rings is 1. The SMILES string of the molecule is CCC1NS(=O)(=O)c2ccccc21. The van der Waals surface area contributed by atoms with Gasteiger partial charge in [0, 0.05) is 6.04 Å². The molecule has 1 atom stereocenters. The number of fused-ring (bicyclic) bond motifs is 1. The summed E-state index contributed by atoms with van der Waals surface area (Å²) < 4.78 is 25.6. The van der Waals surface area contributed by atoms with Gasteiger partial charge in [-0.2, -0.15) is 0 Å². The molecule has 0 radical (unpaired) electrons. The molecule has 70 valence electrons. The van der Waals surface area contributed by atoms with E-state index in [1.54, 1.807) is 12.1 Å². The van der Waals surface area contributed by atoms with E-state index in [2.05, 4.69) is 4.72 Å². The van der Waals surface area contributed by atoms with Crippen LogP contribution in [0.4, 0.5) is 0 Å². The van der Waals surface area contributed by atoms with E-state index in [0.717, 1.165) is 12.0 Å². The monoisotopic (exact) mass is 197 g/mol. The van der Waals surface area contributed by atoms with Crippen LogP contribution in [0.5, 0.6) is 0 Å². The largest absolute Gasteiger partial charge is 0.241 e. The third-order valence-corrected chi connectivity index (χ3v) is 3.84. The van der Waals surface area contributed by atoms with Crippen LogP contribution in [0.2, 0.25) is 0 Å². The molecule has 3 nitrogen and oxygen atoms in total. The van der Waals surface area contributed by atoms with Gasteiger partial charge in [0.25, 0.3) is 0 Å². The van der Waals surface area contributed by atoms with Crippen LogP contribution in [0.25, 0.3) is 0 Å². The first kappa shape index (κ1) is 8.72. The predicted molar refractivity (Wildman–Crippen MR) is 49.8 cm³/mol. The molecular formula is C9H11NO2S. The summed E-state index contributed by atoms with van der Waals surface area (Å²) in [6, 6.07) is 7.08. The average molecular weight is 197 g/mol. The van der Waals surface area contributed by atoms with Crippen molar-refractivity contribution in [3.8, 4) is 0 Å². The summed E-state index contributed by atoms with van der Waals surface area (Å²) in [7, 11) is -3.22. The topological polar surface area (TPSA) is 46.2 Å². The van der Waals surface area contributed by atoms with Crippen molar-refractivity contribution in [2.75, 3.05) is 0 Å². The van der Waals surface area contributed by atoms with Gasteiger partial charge in [-0.1, -0.05) is 25.1 Å². The van der Waals surface area contributed by atoms with Gasteiger partial charge in [0.2, 0.25) is 10.0 Å². The van der Waals surface area contributed by atoms with Gasteiger partial charge in [0.05, 0.1) is 4.90 Å². The molecule has 0 saturated heterocycles. The van der Waals surface area contributed by atoms with Crippen LogP contribution >= 0.6 is 0 Å². The normalized spacial score (nSPS) is 24.2. The summed E-state index contributed by atoms with van der Waals surface area (Å²) in [5, 5.41) is 0. The van der Waals surface area contributed by atoms with Crippen LogP contribution in [0.3, 0.4) is 0 Å². The van der Waals surface area contributed by atoms with Crippen molar-refractivity contribution in [3.05, 3.63) is 29.8 Å². The molecule has 2 rings (SSSR count). The summed E-state index contributed by atoms with van der Waals surface area (Å²) in [5.74, 6) is 0. The number of sulfonamides is 1. The van der Waals surface area contributed by atoms with E-state index in [1.807, 2.05) is 19.1 Å². The molecule has 1 aliphatic heterocycles. The van der Waals surface area contributed by atoms with Crippen LogP contribution in [0.1, 0.15) is 24.9 Å². The molecule has 0 aliphatic carbocycles. The Balaban J connectivity index is 2.64. The minimum absolute atomic E-state index is 0.0406. The smallest absolute Gasteiger partial charge is 0.207 e. The number of hydrogen-bond acceptors (Lipinski definition) is 2. The standard InChI is InChI=1S/C9H11NO2S/c1-2-8-7-5-3-4-6-9(7)13(11,12)10-8/h3-6,8,10H,2H2,1H3. The summed E-state index contributed by atoms with van der Waals surface area (Å²) in [6.07, 6.45) is 0.788. The lowest BCUT2D eigenvalue weighted by atomic mass is 10.1. The van der Waals surface area contributed by atoms with Crippen molar-refractivity contribution in [2.45, 2.75) is 24.3 Å². The van der Waals surface area contributed by atoms with E-state index in [0.29, 0.717) is 4.90 Å². The van der Waals surface area contributed by atoms with Gasteiger partial charge in [-0.25, -0.2) is 13.1 Å². The maximum absolute atomic E-state index is 11.5. The first-order valence-electron chi connectivity index (χ1n) is 4.26. The lowest BCUT2D eigenvalue weighted by Gasteiger charge is -2.04. The highest BCUT2D eigenvalue weighted by Crippen LogP contribution is 2.31. The van der Waals surface area contributed by atoms with Gasteiger partial charge in [0.15, 0.2) is 0 Å². The van der Waals surface area contributed by atoms with E-state index in [-0.39, 0.29) is 6.04 Å². The third-order valence-electron chi connectivity index (χ3n) is 2.29. The molecule has 1 aromatic rings. The highest BCUT2D eigenvalue weighted by atomic mass is 32.2. The van der Waals surface area contributed by atoms with Crippen LogP contribution in [-0.4, -0.2) is 8.42 Å². The molecule has 13 heavy (non-hydrogen) atoms. The van der Waals surface area contributed by atoms with E-state index in [4.69, 9.17) is 0 Å². The van der Waals surface area contributed by atoms with E-state index >= 15 is 0 Å². The molecule has 0 amide bonds. The molecule has 0 bridgehead atoms. The van der Waals surface area contributed by atoms with Crippen molar-refractivity contribution < 1.29 is 8.42 Å². The maximum atomic E-state index is 11.5. The van der Waals surface area contributed by atoms with Crippen molar-refractivity contribution in [3.63, 3.8) is 0 Å². The predicted octanol–water partition coefficient (Wildman–Crippen LogP) is 1.43. The van der Waals surface area contributed by atoms with Crippen molar-refractivity contribution in [2.24, 2.45) is 0 Å². The molecule has 1 unspecified atom stereocenters. The molecule has 0 spiro atoms. The molecular weight excluding hydrogens is 186 g/mol. The summed E-state index contributed by atoms with van der Waals surface area (Å²) in [6.45, 7) is 1.97. The Morgan fingerprint density at radius 1 is 1.38 bits per heavy atom. The van der Waals surface area contributed by atoms with Crippen LogP contribution < -0.4 is 4.72 Å². The molecule has 0 aromatic heterocycles. The Morgan fingerprint density at radius 2 is 2.08 bits per heavy atom. The van der Waals surface area contributed by atoms with Gasteiger partial charge >= 0.3 is 0 Å². The van der Waals surface area contributed by atoms with Gasteiger partial charge in [0.1, 0.15) is 0 Å². The van der Waals surface area contributed by atoms with E-state index in [9.17, 15) is 8.42 Å². The van der Waals surface area contributed by atoms with Crippen molar-refractivity contribution in [1.82, 2.24) is 4.72 Å². The molecule has 1 aromatic carbocycles. The fraction of sp³-hybridized carbons (Fsp3) is 0.333. The molecule has 0 saturated carbocycles. The lowest BCUT2D eigenvalue weighted by Crippen LogP contribution is -2.18. The number of rotatable bonds is 1. The van der Waals surface area contributed by atoms with Gasteiger partial charge in [-0.05, 0) is 18.1 Å². The zero-order valence-corrected chi connectivity index (χ0v) is 8.14. The van der Waals surface area contributed by atoms with Gasteiger partial charge < -0.3 is 0 Å². The Morgan fingerprint density at radius 3 is 2.77 bits per heavy atom. The minimum atomic E-state index is -3.22. The zero-order valence-electron chi connectivity index (χ0n) is 7.32. The summed E-state index contributed by atoms with van der Waals surface area (Å²) in [4.78, 5) is 0.432. The Hall–Kier alpha value is -0.870. The second-order valence-corrected chi connectivity index (χ2v) is 4.80. The molecule has 0 fully saturated rings. The first-order valence-corrected chi connectivity index (χ1v) is 5.74. The second kappa shape index (κ2) is 2.82. The van der Waals surface area contributed by atoms with Gasteiger partial charge in [-0.3, -0.25) is 0 Å². The molecule has 4 heteroatoms. The van der Waals surface area contributed by atoms with Crippen LogP contribution in [0.15, 0.2) is 29.2 Å². The van der Waals surface area contributed by atoms with Crippen LogP contribution in [-0.2, 0) is 10.0 Å². The highest BCUT2D eigenvalue weighted by molar-refractivity contribution is 7.89. The van der Waals surface area contributed by atoms with Crippen molar-refractivity contribution in [1.29, 1.82) is 0 Å².